The van der Waals surface area contributed by atoms with Crippen LogP contribution in [-0.4, -0.2) is 22.3 Å². The van der Waals surface area contributed by atoms with Gasteiger partial charge in [0.25, 0.3) is 5.91 Å². The Labute approximate surface area is 183 Å². The first-order chi connectivity index (χ1) is 14.9. The number of nitrogens with one attached hydrogen (secondary N) is 1. The standard InChI is InChI=1S/C25H31FN2O3/c1-4-13-25(14-5-2)24(30)28(31-17-19-9-7-6-8-10-19)23(15-18(3)29)21-12-11-20(26)16-22(21)27-25/h6-12,16,23,27H,4-5,13-15,17H2,1-3H3/t23-/m1/s1. The van der Waals surface area contributed by atoms with Crippen molar-refractivity contribution in [1.82, 2.24) is 5.06 Å². The van der Waals surface area contributed by atoms with E-state index in [1.807, 2.05) is 44.2 Å². The molecule has 5 nitrogen and oxygen atoms in total. The number of ketones is 1. The molecule has 0 unspecified atom stereocenters. The van der Waals surface area contributed by atoms with E-state index in [1.165, 1.54) is 24.1 Å². The van der Waals surface area contributed by atoms with Crippen LogP contribution >= 0.6 is 0 Å². The summed E-state index contributed by atoms with van der Waals surface area (Å²) in [4.78, 5) is 32.2. The third kappa shape index (κ3) is 5.13. The Balaban J connectivity index is 2.10. The molecular weight excluding hydrogens is 395 g/mol. The Morgan fingerprint density at radius 3 is 2.42 bits per heavy atom. The number of carbonyl (C=O) groups is 2. The molecule has 1 heterocycles. The van der Waals surface area contributed by atoms with Gasteiger partial charge in [0.15, 0.2) is 0 Å². The number of hydrogen-bond donors (Lipinski definition) is 1. The molecule has 0 bridgehead atoms. The molecule has 166 valence electrons. The first kappa shape index (κ1) is 22.9. The van der Waals surface area contributed by atoms with Gasteiger partial charge in [-0.15, -0.1) is 0 Å². The van der Waals surface area contributed by atoms with Gasteiger partial charge in [-0.1, -0.05) is 63.1 Å². The smallest absolute Gasteiger partial charge is 0.272 e. The minimum absolute atomic E-state index is 0.0696. The maximum Gasteiger partial charge on any atom is 0.272 e. The van der Waals surface area contributed by atoms with Crippen LogP contribution in [-0.2, 0) is 21.0 Å². The van der Waals surface area contributed by atoms with Crippen LogP contribution in [0.25, 0.3) is 0 Å². The van der Waals surface area contributed by atoms with Crippen LogP contribution in [0.15, 0.2) is 48.5 Å². The summed E-state index contributed by atoms with van der Waals surface area (Å²) in [6.07, 6.45) is 2.79. The number of hydrogen-bond acceptors (Lipinski definition) is 4. The second-order valence-corrected chi connectivity index (χ2v) is 8.25. The summed E-state index contributed by atoms with van der Waals surface area (Å²) in [6, 6.07) is 13.4. The first-order valence-electron chi connectivity index (χ1n) is 11.0. The molecule has 0 aromatic heterocycles. The lowest BCUT2D eigenvalue weighted by molar-refractivity contribution is -0.212. The fraction of sp³-hybridized carbons (Fsp3) is 0.440. The number of nitrogens with zero attached hydrogens (tertiary/aromatic N) is 1. The minimum Gasteiger partial charge on any atom is -0.371 e. The van der Waals surface area contributed by atoms with Gasteiger partial charge in [-0.2, -0.15) is 0 Å². The van der Waals surface area contributed by atoms with E-state index in [0.29, 0.717) is 24.1 Å². The summed E-state index contributed by atoms with van der Waals surface area (Å²) in [7, 11) is 0. The molecule has 1 amide bonds. The van der Waals surface area contributed by atoms with E-state index in [9.17, 15) is 14.0 Å². The van der Waals surface area contributed by atoms with E-state index in [0.717, 1.165) is 18.4 Å². The van der Waals surface area contributed by atoms with E-state index < -0.39 is 11.6 Å². The maximum atomic E-state index is 14.2. The predicted molar refractivity (Wildman–Crippen MR) is 119 cm³/mol. The van der Waals surface area contributed by atoms with Crippen molar-refractivity contribution in [3.63, 3.8) is 0 Å². The lowest BCUT2D eigenvalue weighted by atomic mass is 9.87. The van der Waals surface area contributed by atoms with Crippen molar-refractivity contribution in [2.24, 2.45) is 0 Å². The molecule has 0 spiro atoms. The molecule has 0 fully saturated rings. The lowest BCUT2D eigenvalue weighted by Crippen LogP contribution is -2.53. The van der Waals surface area contributed by atoms with E-state index in [1.54, 1.807) is 6.07 Å². The number of fused-ring (bicyclic) bond motifs is 1. The number of carbonyl (C=O) groups excluding carboxylic acids is 2. The molecule has 2 aromatic carbocycles. The summed E-state index contributed by atoms with van der Waals surface area (Å²) in [5.41, 5.74) is 1.23. The fourth-order valence-electron chi connectivity index (χ4n) is 4.37. The molecule has 0 radical (unpaired) electrons. The van der Waals surface area contributed by atoms with Crippen LogP contribution in [0.1, 0.15) is 70.0 Å². The van der Waals surface area contributed by atoms with Gasteiger partial charge in [0.2, 0.25) is 0 Å². The first-order valence-corrected chi connectivity index (χ1v) is 11.0. The topological polar surface area (TPSA) is 58.6 Å². The zero-order valence-corrected chi connectivity index (χ0v) is 18.5. The van der Waals surface area contributed by atoms with Crippen LogP contribution in [0, 0.1) is 5.82 Å². The summed E-state index contributed by atoms with van der Waals surface area (Å²) in [5.74, 6) is -0.671. The second-order valence-electron chi connectivity index (χ2n) is 8.25. The molecule has 0 saturated carbocycles. The Hall–Kier alpha value is -2.73. The Bertz CT molecular complexity index is 910. The van der Waals surface area contributed by atoms with Crippen molar-refractivity contribution in [3.8, 4) is 0 Å². The fourth-order valence-corrected chi connectivity index (χ4v) is 4.37. The largest absolute Gasteiger partial charge is 0.371 e. The molecule has 0 saturated heterocycles. The SMILES string of the molecule is CCCC1(CCC)Nc2cc(F)ccc2[C@@H](CC(C)=O)N(OCc2ccccc2)C1=O. The van der Waals surface area contributed by atoms with E-state index >= 15 is 0 Å². The Morgan fingerprint density at radius 1 is 1.13 bits per heavy atom. The van der Waals surface area contributed by atoms with Gasteiger partial charge in [-0.25, -0.2) is 9.45 Å². The number of benzene rings is 2. The number of amides is 1. The summed E-state index contributed by atoms with van der Waals surface area (Å²) >= 11 is 0. The minimum atomic E-state index is -0.922. The molecule has 3 rings (SSSR count). The van der Waals surface area contributed by atoms with Gasteiger partial charge in [0.1, 0.15) is 23.7 Å². The number of hydroxylamine groups is 2. The normalized spacial score (nSPS) is 17.6. The quantitative estimate of drug-likeness (QED) is 0.569. The van der Waals surface area contributed by atoms with Crippen molar-refractivity contribution in [2.75, 3.05) is 5.32 Å². The zero-order valence-electron chi connectivity index (χ0n) is 18.5. The number of Topliss-reactive ketones (excluding diaryl/α,β-unsaturated/α-hetero) is 1. The highest BCUT2D eigenvalue weighted by Crippen LogP contribution is 2.41. The molecule has 31 heavy (non-hydrogen) atoms. The van der Waals surface area contributed by atoms with E-state index in [2.05, 4.69) is 5.32 Å². The summed E-state index contributed by atoms with van der Waals surface area (Å²) in [6.45, 7) is 5.73. The average molecular weight is 427 g/mol. The van der Waals surface area contributed by atoms with E-state index in [-0.39, 0.29) is 30.5 Å². The molecular formula is C25H31FN2O3. The molecule has 1 aliphatic heterocycles. The van der Waals surface area contributed by atoms with Crippen molar-refractivity contribution in [3.05, 3.63) is 65.5 Å². The van der Waals surface area contributed by atoms with Crippen LogP contribution in [0.3, 0.4) is 0 Å². The summed E-state index contributed by atoms with van der Waals surface area (Å²) in [5, 5.41) is 4.75. The average Bonchev–Trinajstić information content (AvgIpc) is 2.81. The molecule has 1 N–H and O–H groups in total. The van der Waals surface area contributed by atoms with Crippen molar-refractivity contribution < 1.29 is 18.8 Å². The number of rotatable bonds is 9. The van der Waals surface area contributed by atoms with Crippen LogP contribution in [0.5, 0.6) is 0 Å². The third-order valence-corrected chi connectivity index (χ3v) is 5.69. The van der Waals surface area contributed by atoms with E-state index in [4.69, 9.17) is 4.84 Å². The second kappa shape index (κ2) is 10.1. The van der Waals surface area contributed by atoms with Crippen molar-refractivity contribution >= 4 is 17.4 Å². The van der Waals surface area contributed by atoms with Gasteiger partial charge in [0.05, 0.1) is 6.04 Å². The molecule has 6 heteroatoms. The lowest BCUT2D eigenvalue weighted by Gasteiger charge is -2.37. The van der Waals surface area contributed by atoms with Crippen molar-refractivity contribution in [1.29, 1.82) is 0 Å². The van der Waals surface area contributed by atoms with Gasteiger partial charge >= 0.3 is 0 Å². The highest BCUT2D eigenvalue weighted by Gasteiger charge is 2.46. The predicted octanol–water partition coefficient (Wildman–Crippen LogP) is 5.57. The molecule has 1 atom stereocenters. The Morgan fingerprint density at radius 2 is 1.81 bits per heavy atom. The number of halogens is 1. The summed E-state index contributed by atoms with van der Waals surface area (Å²) < 4.78 is 14.2. The zero-order chi connectivity index (χ0) is 22.4. The molecule has 0 aliphatic carbocycles. The van der Waals surface area contributed by atoms with Gasteiger partial charge in [-0.3, -0.25) is 14.4 Å². The highest BCUT2D eigenvalue weighted by molar-refractivity contribution is 5.91. The maximum absolute atomic E-state index is 14.2. The van der Waals surface area contributed by atoms with Crippen molar-refractivity contribution in [2.45, 2.75) is 71.1 Å². The van der Waals surface area contributed by atoms with Crippen LogP contribution in [0.2, 0.25) is 0 Å². The highest BCUT2D eigenvalue weighted by atomic mass is 19.1. The van der Waals surface area contributed by atoms with Gasteiger partial charge < -0.3 is 5.32 Å². The van der Waals surface area contributed by atoms with Gasteiger partial charge in [0, 0.05) is 17.7 Å². The third-order valence-electron chi connectivity index (χ3n) is 5.69. The molecule has 1 aliphatic rings. The Kier molecular flexibility index (Phi) is 7.44. The van der Waals surface area contributed by atoms with Crippen LogP contribution < -0.4 is 5.32 Å². The van der Waals surface area contributed by atoms with Crippen LogP contribution in [0.4, 0.5) is 10.1 Å². The monoisotopic (exact) mass is 426 g/mol. The van der Waals surface area contributed by atoms with Gasteiger partial charge in [-0.05, 0) is 37.5 Å². The number of anilines is 1. The molecule has 2 aromatic rings.